The monoisotopic (exact) mass is 959 g/mol. The highest BCUT2D eigenvalue weighted by molar-refractivity contribution is 6.74. The van der Waals surface area contributed by atoms with Gasteiger partial charge >= 0.3 is 0 Å². The summed E-state index contributed by atoms with van der Waals surface area (Å²) in [5.74, 6) is 8.54. The van der Waals surface area contributed by atoms with Crippen LogP contribution in [0.15, 0.2) is 48.6 Å². The lowest BCUT2D eigenvalue weighted by molar-refractivity contribution is -0.152. The highest BCUT2D eigenvalue weighted by Gasteiger charge is 2.62. The Labute approximate surface area is 417 Å². The summed E-state index contributed by atoms with van der Waals surface area (Å²) in [6, 6.07) is 0. The predicted octanol–water partition coefficient (Wildman–Crippen LogP) is 16.5. The van der Waals surface area contributed by atoms with Gasteiger partial charge in [-0.25, -0.2) is 0 Å². The second kappa shape index (κ2) is 21.9. The molecule has 6 aliphatic rings. The van der Waals surface area contributed by atoms with Crippen molar-refractivity contribution in [3.63, 3.8) is 0 Å². The standard InChI is InChI=1S/C33H58O2Si.C28H48O2Si/c1-12-15-27(17-14-16-25(3)4)23-28-20-22-32(9)29(18-19-30(32)33(28,34)21-13-2)26(5)24-35-36(10,11)31(6,7)8;1-20(19-30-31(6,7)26(2,3)4)24-11-12-25-27(24,5)15-14-23-18-22-10-8-9-21(17-22)13-16-28(23,25)29/h1,13-14,16,25-30,34H,2,15,17-24H2,3-11H3;8-9,13,20,22-25,29H,10-12,14-19H2,1-7H3/b16-14+;21-13-/t26-,27?,28+,29-,30?,32-,33+;20-,22?,23?,24-,25?,27-,28+/m11/s1. The average Bonchev–Trinajstić information content (AvgIpc) is 3.78. The zero-order valence-electron chi connectivity index (χ0n) is 46.5. The molecule has 0 radical (unpaired) electrons. The first-order valence-electron chi connectivity index (χ1n) is 27.8. The molecule has 67 heavy (non-hydrogen) atoms. The third kappa shape index (κ3) is 12.4. The molecular formula is C61H106O4Si2. The second-order valence-corrected chi connectivity index (χ2v) is 37.5. The van der Waals surface area contributed by atoms with E-state index in [9.17, 15) is 10.2 Å². The predicted molar refractivity (Wildman–Crippen MR) is 293 cm³/mol. The van der Waals surface area contributed by atoms with Gasteiger partial charge in [0.2, 0.25) is 0 Å². The number of rotatable bonds is 16. The Kier molecular flexibility index (Phi) is 18.5. The Bertz CT molecular complexity index is 1770. The van der Waals surface area contributed by atoms with Crippen LogP contribution in [0.2, 0.25) is 36.3 Å². The van der Waals surface area contributed by atoms with Gasteiger partial charge in [-0.05, 0) is 209 Å². The smallest absolute Gasteiger partial charge is 0.191 e. The number of fused-ring (bicyclic) bond motifs is 6. The van der Waals surface area contributed by atoms with Crippen LogP contribution in [0.3, 0.4) is 0 Å². The Morgan fingerprint density at radius 3 is 1.93 bits per heavy atom. The van der Waals surface area contributed by atoms with Gasteiger partial charge in [0, 0.05) is 19.6 Å². The summed E-state index contributed by atoms with van der Waals surface area (Å²) in [5, 5.41) is 25.2. The molecule has 382 valence electrons. The van der Waals surface area contributed by atoms with Gasteiger partial charge in [0.1, 0.15) is 0 Å². The molecule has 0 aromatic rings. The summed E-state index contributed by atoms with van der Waals surface area (Å²) in [7, 11) is -3.49. The van der Waals surface area contributed by atoms with E-state index in [2.05, 4.69) is 152 Å². The average molecular weight is 960 g/mol. The van der Waals surface area contributed by atoms with E-state index >= 15 is 0 Å². The van der Waals surface area contributed by atoms with Gasteiger partial charge in [-0.3, -0.25) is 0 Å². The third-order valence-electron chi connectivity index (χ3n) is 21.0. The minimum Gasteiger partial charge on any atom is -0.417 e. The molecule has 5 unspecified atom stereocenters. The molecule has 0 aromatic heterocycles. The molecule has 4 fully saturated rings. The van der Waals surface area contributed by atoms with Crippen molar-refractivity contribution in [3.05, 3.63) is 48.6 Å². The molecule has 6 rings (SSSR count). The molecular weight excluding hydrogens is 853 g/mol. The van der Waals surface area contributed by atoms with Crippen molar-refractivity contribution >= 4 is 16.6 Å². The maximum atomic E-state index is 12.4. The Morgan fingerprint density at radius 1 is 0.836 bits per heavy atom. The largest absolute Gasteiger partial charge is 0.417 e. The van der Waals surface area contributed by atoms with Gasteiger partial charge in [-0.15, -0.1) is 18.9 Å². The Hall–Kier alpha value is -1.21. The lowest BCUT2D eigenvalue weighted by Crippen LogP contribution is -2.56. The van der Waals surface area contributed by atoms with Crippen LogP contribution in [0.5, 0.6) is 0 Å². The van der Waals surface area contributed by atoms with Crippen molar-refractivity contribution < 1.29 is 19.1 Å². The summed E-state index contributed by atoms with van der Waals surface area (Å²) < 4.78 is 13.4. The summed E-state index contributed by atoms with van der Waals surface area (Å²) >= 11 is 0. The fourth-order valence-electron chi connectivity index (χ4n) is 14.9. The fourth-order valence-corrected chi connectivity index (χ4v) is 17.2. The van der Waals surface area contributed by atoms with Gasteiger partial charge in [0.05, 0.1) is 11.2 Å². The molecule has 4 saturated carbocycles. The van der Waals surface area contributed by atoms with E-state index in [1.807, 2.05) is 6.08 Å². The number of aliphatic hydroxyl groups is 2. The molecule has 0 aromatic carbocycles. The van der Waals surface area contributed by atoms with Crippen LogP contribution in [0.1, 0.15) is 186 Å². The van der Waals surface area contributed by atoms with E-state index in [4.69, 9.17) is 15.3 Å². The number of terminal acetylenes is 1. The van der Waals surface area contributed by atoms with E-state index in [1.165, 1.54) is 63.4 Å². The Balaban J connectivity index is 0.000000253. The zero-order chi connectivity index (χ0) is 50.0. The van der Waals surface area contributed by atoms with Crippen LogP contribution >= 0.6 is 0 Å². The number of hydrogen-bond acceptors (Lipinski definition) is 4. The first-order chi connectivity index (χ1) is 31.0. The van der Waals surface area contributed by atoms with Gasteiger partial charge in [-0.1, -0.05) is 125 Å². The highest BCUT2D eigenvalue weighted by atomic mass is 28.4. The molecule has 6 aliphatic carbocycles. The lowest BCUT2D eigenvalue weighted by Gasteiger charge is -2.56. The van der Waals surface area contributed by atoms with E-state index in [0.717, 1.165) is 57.7 Å². The van der Waals surface area contributed by atoms with Crippen LogP contribution in [0.25, 0.3) is 0 Å². The van der Waals surface area contributed by atoms with Gasteiger partial charge < -0.3 is 19.1 Å². The molecule has 2 N–H and O–H groups in total. The van der Waals surface area contributed by atoms with Crippen molar-refractivity contribution in [2.45, 2.75) is 233 Å². The normalized spacial score (nSPS) is 37.7. The van der Waals surface area contributed by atoms with Crippen molar-refractivity contribution in [3.8, 4) is 12.3 Å². The van der Waals surface area contributed by atoms with Gasteiger partial charge in [-0.2, -0.15) is 0 Å². The van der Waals surface area contributed by atoms with Crippen LogP contribution in [0, 0.1) is 88.3 Å². The van der Waals surface area contributed by atoms with E-state index in [-0.39, 0.29) is 26.8 Å². The molecule has 0 amide bonds. The molecule has 6 heteroatoms. The third-order valence-corrected chi connectivity index (χ3v) is 30.0. The van der Waals surface area contributed by atoms with Gasteiger partial charge in [0.15, 0.2) is 16.6 Å². The maximum absolute atomic E-state index is 12.4. The summed E-state index contributed by atoms with van der Waals surface area (Å²) in [4.78, 5) is 0. The first kappa shape index (κ1) is 56.7. The fraction of sp³-hybridized carbons (Fsp3) is 0.836. The second-order valence-electron chi connectivity index (χ2n) is 27.9. The highest BCUT2D eigenvalue weighted by Crippen LogP contribution is 2.66. The van der Waals surface area contributed by atoms with Crippen LogP contribution in [-0.2, 0) is 8.85 Å². The first-order valence-corrected chi connectivity index (χ1v) is 33.6. The van der Waals surface area contributed by atoms with Crippen LogP contribution in [-0.4, -0.2) is 51.3 Å². The van der Waals surface area contributed by atoms with Crippen molar-refractivity contribution in [1.29, 1.82) is 0 Å². The van der Waals surface area contributed by atoms with Crippen molar-refractivity contribution in [1.82, 2.24) is 0 Å². The van der Waals surface area contributed by atoms with E-state index < -0.39 is 27.8 Å². The quantitative estimate of drug-likeness (QED) is 0.0919. The molecule has 0 spiro atoms. The summed E-state index contributed by atoms with van der Waals surface area (Å²) in [5.41, 5.74) is 0.698. The van der Waals surface area contributed by atoms with Crippen LogP contribution in [0.4, 0.5) is 0 Å². The van der Waals surface area contributed by atoms with E-state index in [1.54, 1.807) is 0 Å². The SMILES string of the molecule is C#CCC(C/C=C/C(C)C)C[C@@H]1CC[C@@]2(C)C(CC[C@@H]2[C@H](C)CO[Si](C)(C)C(C)(C)C)[C@]1(O)CC=C.C[C@H](CO[Si](C)(C)C(C)(C)C)[C@H]1CCC2[C@]3(O)C/C=C4/C=CCC(C4)CC3CC[C@@]21C. The lowest BCUT2D eigenvalue weighted by atomic mass is 9.52. The Morgan fingerprint density at radius 2 is 1.39 bits per heavy atom. The summed E-state index contributed by atoms with van der Waals surface area (Å²) in [6.45, 7) is 43.5. The number of hydrogen-bond donors (Lipinski definition) is 2. The molecule has 0 aliphatic heterocycles. The molecule has 4 nitrogen and oxygen atoms in total. The molecule has 2 bridgehead atoms. The van der Waals surface area contributed by atoms with Crippen LogP contribution < -0.4 is 0 Å². The summed E-state index contributed by atoms with van der Waals surface area (Å²) in [6.07, 6.45) is 37.0. The molecule has 0 heterocycles. The minimum absolute atomic E-state index is 0.156. The number of allylic oxidation sites excluding steroid dienone is 5. The minimum atomic E-state index is -1.77. The maximum Gasteiger partial charge on any atom is 0.191 e. The van der Waals surface area contributed by atoms with Crippen molar-refractivity contribution in [2.24, 2.45) is 75.9 Å². The van der Waals surface area contributed by atoms with Gasteiger partial charge in [0.25, 0.3) is 0 Å². The molecule has 0 saturated heterocycles. The topological polar surface area (TPSA) is 58.9 Å². The van der Waals surface area contributed by atoms with Crippen molar-refractivity contribution in [2.75, 3.05) is 13.2 Å². The molecule has 14 atom stereocenters. The van der Waals surface area contributed by atoms with E-state index in [0.29, 0.717) is 59.7 Å². The zero-order valence-corrected chi connectivity index (χ0v) is 48.5.